The van der Waals surface area contributed by atoms with Gasteiger partial charge in [0.05, 0.1) is 0 Å². The van der Waals surface area contributed by atoms with Gasteiger partial charge in [-0.3, -0.25) is 14.4 Å². The van der Waals surface area contributed by atoms with Gasteiger partial charge in [-0.1, -0.05) is 60.7 Å². The van der Waals surface area contributed by atoms with Crippen LogP contribution < -0.4 is 5.56 Å². The van der Waals surface area contributed by atoms with Gasteiger partial charge in [0.15, 0.2) is 5.41 Å². The Hall–Kier alpha value is -3.67. The molecule has 0 saturated heterocycles. The molecule has 2 aromatic carbocycles. The van der Waals surface area contributed by atoms with Gasteiger partial charge in [0.2, 0.25) is 0 Å². The van der Waals surface area contributed by atoms with Crippen LogP contribution in [0.1, 0.15) is 40.4 Å². The fourth-order valence-electron chi connectivity index (χ4n) is 4.71. The van der Waals surface area contributed by atoms with Crippen molar-refractivity contribution < 1.29 is 19.1 Å². The molecule has 0 N–H and O–H groups in total. The number of hydrogen-bond donors (Lipinski definition) is 0. The molecular weight excluding hydrogens is 430 g/mol. The first kappa shape index (κ1) is 23.5. The van der Waals surface area contributed by atoms with E-state index >= 15 is 0 Å². The Morgan fingerprint density at radius 3 is 1.76 bits per heavy atom. The van der Waals surface area contributed by atoms with E-state index in [0.717, 1.165) is 27.9 Å². The molecule has 6 nitrogen and oxygen atoms in total. The molecule has 0 unspecified atom stereocenters. The smallest absolute Gasteiger partial charge is 0.324 e. The molecule has 0 atom stereocenters. The zero-order valence-corrected chi connectivity index (χ0v) is 19.8. The highest BCUT2D eigenvalue weighted by atomic mass is 16.6. The van der Waals surface area contributed by atoms with Crippen LogP contribution in [0.15, 0.2) is 65.5 Å². The zero-order valence-electron chi connectivity index (χ0n) is 19.8. The minimum absolute atomic E-state index is 0.0590. The average molecular weight is 460 g/mol. The second-order valence-electron chi connectivity index (χ2n) is 8.78. The molecule has 1 heterocycles. The van der Waals surface area contributed by atoms with Gasteiger partial charge >= 0.3 is 11.9 Å². The van der Waals surface area contributed by atoms with Gasteiger partial charge < -0.3 is 14.0 Å². The van der Waals surface area contributed by atoms with Crippen molar-refractivity contribution in [1.82, 2.24) is 4.57 Å². The van der Waals surface area contributed by atoms with Crippen LogP contribution >= 0.6 is 0 Å². The molecule has 4 rings (SSSR count). The number of benzene rings is 2. The van der Waals surface area contributed by atoms with E-state index in [0.29, 0.717) is 12.1 Å². The largest absolute Gasteiger partial charge is 0.460 e. The second kappa shape index (κ2) is 9.67. The predicted molar refractivity (Wildman–Crippen MR) is 128 cm³/mol. The summed E-state index contributed by atoms with van der Waals surface area (Å²) in [5, 5.41) is 0. The summed E-state index contributed by atoms with van der Waals surface area (Å²) >= 11 is 0. The summed E-state index contributed by atoms with van der Waals surface area (Å²) in [6.07, 6.45) is 0.243. The number of carbonyl (C=O) groups excluding carboxylic acids is 2. The monoisotopic (exact) mass is 459 g/mol. The molecule has 0 amide bonds. The van der Waals surface area contributed by atoms with Crippen molar-refractivity contribution >= 4 is 11.9 Å². The topological polar surface area (TPSA) is 74.6 Å². The van der Waals surface area contributed by atoms with Crippen molar-refractivity contribution in [2.24, 2.45) is 5.41 Å². The lowest BCUT2D eigenvalue weighted by molar-refractivity contribution is -0.173. The lowest BCUT2D eigenvalue weighted by Gasteiger charge is -2.25. The standard InChI is InChI=1S/C28H29NO5/c1-4-29-20(3)24-16-28(15-23(24)19(2)25(29)30,26(31)33-17-21-11-7-5-8-12-21)27(32)34-18-22-13-9-6-10-14-22/h5-14H,4,15-18H2,1-3H3. The SMILES string of the molecule is CCn1c(C)c2c(c(C)c1=O)CC(C(=O)OCc1ccccc1)(C(=O)OCc1ccccc1)C2. The zero-order chi connectivity index (χ0) is 24.3. The number of ether oxygens (including phenoxy) is 2. The minimum Gasteiger partial charge on any atom is -0.460 e. The van der Waals surface area contributed by atoms with Gasteiger partial charge in [0, 0.05) is 30.6 Å². The van der Waals surface area contributed by atoms with Crippen LogP contribution in [0.25, 0.3) is 0 Å². The van der Waals surface area contributed by atoms with Crippen molar-refractivity contribution in [3.05, 3.63) is 105 Å². The molecular formula is C28H29NO5. The van der Waals surface area contributed by atoms with Gasteiger partial charge in [-0.15, -0.1) is 0 Å². The Balaban J connectivity index is 1.67. The van der Waals surface area contributed by atoms with E-state index in [2.05, 4.69) is 0 Å². The molecule has 0 bridgehead atoms. The fourth-order valence-corrected chi connectivity index (χ4v) is 4.71. The highest BCUT2D eigenvalue weighted by molar-refractivity contribution is 6.01. The quantitative estimate of drug-likeness (QED) is 0.394. The highest BCUT2D eigenvalue weighted by Crippen LogP contribution is 2.42. The maximum atomic E-state index is 13.5. The summed E-state index contributed by atoms with van der Waals surface area (Å²) in [5.74, 6) is -1.25. The maximum absolute atomic E-state index is 13.5. The number of pyridine rings is 1. The summed E-state index contributed by atoms with van der Waals surface area (Å²) in [6, 6.07) is 18.7. The second-order valence-corrected chi connectivity index (χ2v) is 8.78. The summed E-state index contributed by atoms with van der Waals surface area (Å²) in [4.78, 5) is 39.9. The molecule has 0 radical (unpaired) electrons. The Morgan fingerprint density at radius 2 is 1.29 bits per heavy atom. The number of carbonyl (C=O) groups is 2. The van der Waals surface area contributed by atoms with Crippen LogP contribution in [-0.2, 0) is 51.7 Å². The third kappa shape index (κ3) is 4.28. The third-order valence-corrected chi connectivity index (χ3v) is 6.70. The van der Waals surface area contributed by atoms with E-state index in [1.807, 2.05) is 74.5 Å². The van der Waals surface area contributed by atoms with Gasteiger partial charge in [0.1, 0.15) is 13.2 Å². The molecule has 0 saturated carbocycles. The Labute approximate surface area is 199 Å². The Morgan fingerprint density at radius 1 is 0.824 bits per heavy atom. The van der Waals surface area contributed by atoms with E-state index in [-0.39, 0.29) is 31.6 Å². The van der Waals surface area contributed by atoms with Crippen LogP contribution in [0.4, 0.5) is 0 Å². The first-order valence-corrected chi connectivity index (χ1v) is 11.5. The van der Waals surface area contributed by atoms with Crippen LogP contribution in [0, 0.1) is 19.3 Å². The fraction of sp³-hybridized carbons (Fsp3) is 0.321. The van der Waals surface area contributed by atoms with E-state index in [1.54, 1.807) is 11.5 Å². The molecule has 1 aliphatic rings. The molecule has 0 aliphatic heterocycles. The molecule has 34 heavy (non-hydrogen) atoms. The number of esters is 2. The van der Waals surface area contributed by atoms with Crippen molar-refractivity contribution in [3.63, 3.8) is 0 Å². The Kier molecular flexibility index (Phi) is 6.68. The molecule has 0 spiro atoms. The summed E-state index contributed by atoms with van der Waals surface area (Å²) in [5.41, 5.74) is 2.99. The average Bonchev–Trinajstić information content (AvgIpc) is 3.29. The van der Waals surface area contributed by atoms with E-state index in [1.165, 1.54) is 0 Å². The van der Waals surface area contributed by atoms with E-state index in [9.17, 15) is 14.4 Å². The molecule has 0 fully saturated rings. The minimum atomic E-state index is -1.53. The summed E-state index contributed by atoms with van der Waals surface area (Å²) < 4.78 is 13.0. The number of aromatic nitrogens is 1. The molecule has 1 aromatic heterocycles. The van der Waals surface area contributed by atoms with Gasteiger partial charge in [-0.05, 0) is 43.0 Å². The van der Waals surface area contributed by atoms with Gasteiger partial charge in [0.25, 0.3) is 5.56 Å². The molecule has 1 aliphatic carbocycles. The van der Waals surface area contributed by atoms with E-state index < -0.39 is 17.4 Å². The maximum Gasteiger partial charge on any atom is 0.324 e. The van der Waals surface area contributed by atoms with Crippen molar-refractivity contribution in [2.45, 2.75) is 53.4 Å². The highest BCUT2D eigenvalue weighted by Gasteiger charge is 2.54. The van der Waals surface area contributed by atoms with Crippen LogP contribution in [0.5, 0.6) is 0 Å². The number of rotatable bonds is 7. The molecule has 176 valence electrons. The van der Waals surface area contributed by atoms with Crippen LogP contribution in [0.3, 0.4) is 0 Å². The predicted octanol–water partition coefficient (Wildman–Crippen LogP) is 4.06. The lowest BCUT2D eigenvalue weighted by Crippen LogP contribution is -2.43. The van der Waals surface area contributed by atoms with Crippen molar-refractivity contribution in [2.75, 3.05) is 0 Å². The van der Waals surface area contributed by atoms with Crippen molar-refractivity contribution in [3.8, 4) is 0 Å². The van der Waals surface area contributed by atoms with Crippen LogP contribution in [0.2, 0.25) is 0 Å². The first-order valence-electron chi connectivity index (χ1n) is 11.5. The van der Waals surface area contributed by atoms with Crippen LogP contribution in [-0.4, -0.2) is 16.5 Å². The Bertz CT molecular complexity index is 1210. The lowest BCUT2D eigenvalue weighted by atomic mass is 9.84. The summed E-state index contributed by atoms with van der Waals surface area (Å²) in [6.45, 7) is 6.16. The molecule has 3 aromatic rings. The van der Waals surface area contributed by atoms with Gasteiger partial charge in [-0.25, -0.2) is 0 Å². The van der Waals surface area contributed by atoms with Gasteiger partial charge in [-0.2, -0.15) is 0 Å². The number of fused-ring (bicyclic) bond motifs is 1. The normalized spacial score (nSPS) is 13.9. The van der Waals surface area contributed by atoms with E-state index in [4.69, 9.17) is 9.47 Å². The first-order chi connectivity index (χ1) is 16.4. The molecule has 6 heteroatoms. The third-order valence-electron chi connectivity index (χ3n) is 6.70. The van der Waals surface area contributed by atoms with Crippen molar-refractivity contribution in [1.29, 1.82) is 0 Å². The number of hydrogen-bond acceptors (Lipinski definition) is 5. The summed E-state index contributed by atoms with van der Waals surface area (Å²) in [7, 11) is 0. The number of nitrogens with zero attached hydrogens (tertiary/aromatic N) is 1.